The van der Waals surface area contributed by atoms with Gasteiger partial charge in [-0.3, -0.25) is 0 Å². The van der Waals surface area contributed by atoms with Crippen LogP contribution >= 0.6 is 0 Å². The van der Waals surface area contributed by atoms with Crippen molar-refractivity contribution < 1.29 is 8.42 Å². The molecule has 3 N–H and O–H groups in total. The molecule has 0 aromatic heterocycles. The zero-order valence-corrected chi connectivity index (χ0v) is 11.8. The number of rotatable bonds is 6. The predicted octanol–water partition coefficient (Wildman–Crippen LogP) is 1.33. The second kappa shape index (κ2) is 6.71. The van der Waals surface area contributed by atoms with Gasteiger partial charge in [-0.25, -0.2) is 13.1 Å². The van der Waals surface area contributed by atoms with Gasteiger partial charge in [-0.05, 0) is 37.1 Å². The Kier molecular flexibility index (Phi) is 5.89. The second-order valence-electron chi connectivity index (χ2n) is 5.56. The molecule has 102 valence electrons. The zero-order chi connectivity index (χ0) is 12.9. The quantitative estimate of drug-likeness (QED) is 0.758. The van der Waals surface area contributed by atoms with Gasteiger partial charge < -0.3 is 5.73 Å². The van der Waals surface area contributed by atoms with Crippen LogP contribution in [0.25, 0.3) is 0 Å². The standard InChI is InChI=1S/C12H26N2O2S/c1-10(2)9-17(15,16)14-8-12-6-4-3-5-11(12)7-13/h10-12,14H,3-9,13H2,1-2H3. The lowest BCUT2D eigenvalue weighted by molar-refractivity contribution is 0.244. The van der Waals surface area contributed by atoms with Gasteiger partial charge >= 0.3 is 0 Å². The second-order valence-corrected chi connectivity index (χ2v) is 7.42. The highest BCUT2D eigenvalue weighted by Crippen LogP contribution is 2.28. The maximum Gasteiger partial charge on any atom is 0.211 e. The van der Waals surface area contributed by atoms with Gasteiger partial charge in [-0.15, -0.1) is 0 Å². The van der Waals surface area contributed by atoms with E-state index in [2.05, 4.69) is 4.72 Å². The van der Waals surface area contributed by atoms with E-state index in [0.717, 1.165) is 12.8 Å². The largest absolute Gasteiger partial charge is 0.330 e. The Morgan fingerprint density at radius 2 is 1.82 bits per heavy atom. The van der Waals surface area contributed by atoms with Crippen molar-refractivity contribution in [3.05, 3.63) is 0 Å². The van der Waals surface area contributed by atoms with Crippen LogP contribution in [-0.2, 0) is 10.0 Å². The molecule has 0 aromatic rings. The van der Waals surface area contributed by atoms with Crippen molar-refractivity contribution in [2.24, 2.45) is 23.5 Å². The minimum absolute atomic E-state index is 0.171. The van der Waals surface area contributed by atoms with Crippen LogP contribution < -0.4 is 10.5 Å². The van der Waals surface area contributed by atoms with E-state index >= 15 is 0 Å². The topological polar surface area (TPSA) is 72.2 Å². The Labute approximate surface area is 105 Å². The summed E-state index contributed by atoms with van der Waals surface area (Å²) in [5.41, 5.74) is 5.74. The predicted molar refractivity (Wildman–Crippen MR) is 71.1 cm³/mol. The average Bonchev–Trinajstić information content (AvgIpc) is 2.25. The maximum absolute atomic E-state index is 11.7. The van der Waals surface area contributed by atoms with Crippen LogP contribution in [0.1, 0.15) is 39.5 Å². The van der Waals surface area contributed by atoms with Gasteiger partial charge in [0.15, 0.2) is 0 Å². The summed E-state index contributed by atoms with van der Waals surface area (Å²) in [6, 6.07) is 0. The van der Waals surface area contributed by atoms with Crippen LogP contribution in [0, 0.1) is 17.8 Å². The molecule has 17 heavy (non-hydrogen) atoms. The number of sulfonamides is 1. The van der Waals surface area contributed by atoms with Crippen molar-refractivity contribution >= 4 is 10.0 Å². The van der Waals surface area contributed by atoms with E-state index in [1.807, 2.05) is 13.8 Å². The summed E-state index contributed by atoms with van der Waals surface area (Å²) in [5.74, 6) is 1.30. The molecule has 0 heterocycles. The number of hydrogen-bond donors (Lipinski definition) is 2. The van der Waals surface area contributed by atoms with Crippen LogP contribution in [-0.4, -0.2) is 27.3 Å². The van der Waals surface area contributed by atoms with Gasteiger partial charge in [0, 0.05) is 6.54 Å². The highest BCUT2D eigenvalue weighted by molar-refractivity contribution is 7.89. The summed E-state index contributed by atoms with van der Waals surface area (Å²) in [6.07, 6.45) is 4.68. The van der Waals surface area contributed by atoms with Crippen molar-refractivity contribution in [1.82, 2.24) is 4.72 Å². The van der Waals surface area contributed by atoms with Gasteiger partial charge in [0.2, 0.25) is 10.0 Å². The van der Waals surface area contributed by atoms with Crippen molar-refractivity contribution in [1.29, 1.82) is 0 Å². The van der Waals surface area contributed by atoms with Gasteiger partial charge in [0.1, 0.15) is 0 Å². The first kappa shape index (κ1) is 14.9. The molecule has 0 amide bonds. The van der Waals surface area contributed by atoms with Crippen LogP contribution in [0.15, 0.2) is 0 Å². The third-order valence-corrected chi connectivity index (χ3v) is 5.20. The summed E-state index contributed by atoms with van der Waals surface area (Å²) in [7, 11) is -3.10. The highest BCUT2D eigenvalue weighted by atomic mass is 32.2. The van der Waals surface area contributed by atoms with Crippen molar-refractivity contribution in [2.75, 3.05) is 18.8 Å². The first-order valence-corrected chi connectivity index (χ1v) is 8.27. The summed E-state index contributed by atoms with van der Waals surface area (Å²) in [5, 5.41) is 0. The summed E-state index contributed by atoms with van der Waals surface area (Å²) < 4.78 is 26.2. The van der Waals surface area contributed by atoms with Gasteiger partial charge in [-0.2, -0.15) is 0 Å². The molecule has 1 rings (SSSR count). The molecule has 0 radical (unpaired) electrons. The Morgan fingerprint density at radius 1 is 1.24 bits per heavy atom. The van der Waals surface area contributed by atoms with Crippen LogP contribution in [0.5, 0.6) is 0 Å². The third kappa shape index (κ3) is 5.36. The molecule has 2 unspecified atom stereocenters. The monoisotopic (exact) mass is 262 g/mol. The van der Waals surface area contributed by atoms with Crippen molar-refractivity contribution in [3.63, 3.8) is 0 Å². The molecule has 1 aliphatic carbocycles. The van der Waals surface area contributed by atoms with Gasteiger partial charge in [0.25, 0.3) is 0 Å². The zero-order valence-electron chi connectivity index (χ0n) is 11.0. The Morgan fingerprint density at radius 3 is 2.35 bits per heavy atom. The molecule has 4 nitrogen and oxygen atoms in total. The van der Waals surface area contributed by atoms with Gasteiger partial charge in [0.05, 0.1) is 5.75 Å². The molecule has 1 fully saturated rings. The molecule has 1 saturated carbocycles. The Hall–Kier alpha value is -0.130. The molecule has 0 bridgehead atoms. The Balaban J connectivity index is 2.43. The fourth-order valence-corrected chi connectivity index (χ4v) is 4.06. The molecule has 0 saturated heterocycles. The minimum atomic E-state index is -3.10. The van der Waals surface area contributed by atoms with Crippen molar-refractivity contribution in [2.45, 2.75) is 39.5 Å². The first-order valence-electron chi connectivity index (χ1n) is 6.62. The third-order valence-electron chi connectivity index (χ3n) is 3.49. The molecule has 5 heteroatoms. The number of nitrogens with two attached hydrogens (primary N) is 1. The van der Waals surface area contributed by atoms with Crippen LogP contribution in [0.3, 0.4) is 0 Å². The first-order chi connectivity index (χ1) is 7.94. The van der Waals surface area contributed by atoms with Gasteiger partial charge in [-0.1, -0.05) is 26.7 Å². The minimum Gasteiger partial charge on any atom is -0.330 e. The van der Waals surface area contributed by atoms with E-state index in [-0.39, 0.29) is 11.7 Å². The molecule has 0 aliphatic heterocycles. The fourth-order valence-electron chi connectivity index (χ4n) is 2.60. The van der Waals surface area contributed by atoms with Crippen LogP contribution in [0.2, 0.25) is 0 Å². The fraction of sp³-hybridized carbons (Fsp3) is 1.00. The summed E-state index contributed by atoms with van der Waals surface area (Å²) in [6.45, 7) is 5.08. The lowest BCUT2D eigenvalue weighted by atomic mass is 9.79. The molecular formula is C12H26N2O2S. The summed E-state index contributed by atoms with van der Waals surface area (Å²) >= 11 is 0. The summed E-state index contributed by atoms with van der Waals surface area (Å²) in [4.78, 5) is 0. The van der Waals surface area contributed by atoms with E-state index in [1.165, 1.54) is 12.8 Å². The highest BCUT2D eigenvalue weighted by Gasteiger charge is 2.25. The van der Waals surface area contributed by atoms with E-state index < -0.39 is 10.0 Å². The molecule has 0 spiro atoms. The molecule has 0 aromatic carbocycles. The molecular weight excluding hydrogens is 236 g/mol. The number of hydrogen-bond acceptors (Lipinski definition) is 3. The van der Waals surface area contributed by atoms with E-state index in [9.17, 15) is 8.42 Å². The molecule has 1 aliphatic rings. The lowest BCUT2D eigenvalue weighted by Crippen LogP contribution is -2.38. The SMILES string of the molecule is CC(C)CS(=O)(=O)NCC1CCCCC1CN. The van der Waals surface area contributed by atoms with E-state index in [0.29, 0.717) is 24.9 Å². The Bertz CT molecular complexity index is 314. The average molecular weight is 262 g/mol. The van der Waals surface area contributed by atoms with E-state index in [4.69, 9.17) is 5.73 Å². The molecule has 2 atom stereocenters. The van der Waals surface area contributed by atoms with E-state index in [1.54, 1.807) is 0 Å². The smallest absolute Gasteiger partial charge is 0.211 e. The lowest BCUT2D eigenvalue weighted by Gasteiger charge is -2.30. The van der Waals surface area contributed by atoms with Crippen LogP contribution in [0.4, 0.5) is 0 Å². The maximum atomic E-state index is 11.7. The normalized spacial score (nSPS) is 26.4. The van der Waals surface area contributed by atoms with Crippen molar-refractivity contribution in [3.8, 4) is 0 Å². The number of nitrogens with one attached hydrogen (secondary N) is 1.